The highest BCUT2D eigenvalue weighted by molar-refractivity contribution is 5.95. The summed E-state index contributed by atoms with van der Waals surface area (Å²) in [6, 6.07) is 9.52. The van der Waals surface area contributed by atoms with Crippen molar-refractivity contribution in [1.29, 1.82) is 0 Å². The second-order valence-electron chi connectivity index (χ2n) is 5.12. The van der Waals surface area contributed by atoms with Gasteiger partial charge >= 0.3 is 6.09 Å². The van der Waals surface area contributed by atoms with Crippen LogP contribution in [0.2, 0.25) is 0 Å². The van der Waals surface area contributed by atoms with Crippen LogP contribution in [0.4, 0.5) is 10.5 Å². The van der Waals surface area contributed by atoms with Gasteiger partial charge in [0, 0.05) is 18.5 Å². The lowest BCUT2D eigenvalue weighted by molar-refractivity contribution is -0.119. The van der Waals surface area contributed by atoms with Crippen LogP contribution in [-0.2, 0) is 4.79 Å². The van der Waals surface area contributed by atoms with Crippen LogP contribution in [0.3, 0.4) is 0 Å². The number of hydrogen-bond acceptors (Lipinski definition) is 3. The fourth-order valence-corrected chi connectivity index (χ4v) is 2.53. The van der Waals surface area contributed by atoms with Gasteiger partial charge in [0.2, 0.25) is 5.91 Å². The van der Waals surface area contributed by atoms with Gasteiger partial charge in [-0.2, -0.15) is 0 Å². The third kappa shape index (κ3) is 2.79. The number of para-hydroxylation sites is 1. The molecule has 1 unspecified atom stereocenters. The molecule has 0 saturated carbocycles. The maximum atomic E-state index is 12.2. The molecular formula is C15H15N3O3. The molecule has 2 aromatic rings. The monoisotopic (exact) mass is 285 g/mol. The van der Waals surface area contributed by atoms with Crippen molar-refractivity contribution < 1.29 is 14.7 Å². The molecule has 1 aliphatic heterocycles. The Kier molecular flexibility index (Phi) is 3.43. The number of nitrogens with one attached hydrogen (secondary N) is 1. The van der Waals surface area contributed by atoms with Crippen molar-refractivity contribution in [3.05, 3.63) is 36.5 Å². The van der Waals surface area contributed by atoms with Crippen LogP contribution in [0.25, 0.3) is 10.9 Å². The van der Waals surface area contributed by atoms with E-state index in [1.165, 1.54) is 4.90 Å². The number of nitrogens with zero attached hydrogens (tertiary/aromatic N) is 2. The first-order chi connectivity index (χ1) is 10.1. The predicted molar refractivity (Wildman–Crippen MR) is 78.1 cm³/mol. The first-order valence-corrected chi connectivity index (χ1v) is 6.77. The van der Waals surface area contributed by atoms with Gasteiger partial charge in [0.15, 0.2) is 0 Å². The van der Waals surface area contributed by atoms with Crippen LogP contribution in [0.5, 0.6) is 0 Å². The van der Waals surface area contributed by atoms with Gasteiger partial charge < -0.3 is 15.3 Å². The second kappa shape index (κ2) is 5.40. The van der Waals surface area contributed by atoms with Crippen LogP contribution in [-0.4, -0.2) is 40.1 Å². The van der Waals surface area contributed by atoms with Crippen molar-refractivity contribution >= 4 is 28.6 Å². The topological polar surface area (TPSA) is 82.5 Å². The predicted octanol–water partition coefficient (Wildman–Crippen LogP) is 2.17. The normalized spacial score (nSPS) is 17.9. The van der Waals surface area contributed by atoms with Crippen molar-refractivity contribution in [2.75, 3.05) is 18.4 Å². The molecule has 1 aromatic heterocycles. The van der Waals surface area contributed by atoms with Crippen LogP contribution in [0.1, 0.15) is 6.42 Å². The highest BCUT2D eigenvalue weighted by Crippen LogP contribution is 2.20. The van der Waals surface area contributed by atoms with Gasteiger partial charge in [-0.25, -0.2) is 4.79 Å². The molecular weight excluding hydrogens is 270 g/mol. The standard InChI is InChI=1S/C15H15N3O3/c19-14(11-5-6-18(9-11)15(20)21)17-12-7-10-3-1-2-4-13(10)16-8-12/h1-4,7-8,11H,5-6,9H2,(H,17,19)(H,20,21). The molecule has 2 N–H and O–H groups in total. The molecule has 0 radical (unpaired) electrons. The number of carboxylic acid groups (broad SMARTS) is 1. The maximum Gasteiger partial charge on any atom is 0.407 e. The summed E-state index contributed by atoms with van der Waals surface area (Å²) in [5.41, 5.74) is 1.50. The van der Waals surface area contributed by atoms with Crippen molar-refractivity contribution in [2.45, 2.75) is 6.42 Å². The largest absolute Gasteiger partial charge is 0.465 e. The van der Waals surface area contributed by atoms with E-state index in [9.17, 15) is 9.59 Å². The zero-order valence-electron chi connectivity index (χ0n) is 11.3. The van der Waals surface area contributed by atoms with Gasteiger partial charge in [-0.3, -0.25) is 9.78 Å². The minimum atomic E-state index is -0.974. The summed E-state index contributed by atoms with van der Waals surface area (Å²) in [5.74, 6) is -0.455. The fourth-order valence-electron chi connectivity index (χ4n) is 2.53. The summed E-state index contributed by atoms with van der Waals surface area (Å²) in [6.07, 6.45) is 1.20. The number of amides is 2. The Labute approximate surface area is 121 Å². The molecule has 2 heterocycles. The quantitative estimate of drug-likeness (QED) is 0.886. The van der Waals surface area contributed by atoms with Crippen LogP contribution in [0, 0.1) is 5.92 Å². The van der Waals surface area contributed by atoms with E-state index in [1.54, 1.807) is 6.20 Å². The molecule has 108 valence electrons. The van der Waals surface area contributed by atoms with E-state index in [-0.39, 0.29) is 18.4 Å². The Balaban J connectivity index is 1.70. The minimum absolute atomic E-state index is 0.157. The molecule has 1 aliphatic rings. The Bertz CT molecular complexity index is 701. The highest BCUT2D eigenvalue weighted by atomic mass is 16.4. The molecule has 1 atom stereocenters. The Hall–Kier alpha value is -2.63. The smallest absolute Gasteiger partial charge is 0.407 e. The zero-order chi connectivity index (χ0) is 14.8. The molecule has 0 aliphatic carbocycles. The van der Waals surface area contributed by atoms with Crippen molar-refractivity contribution in [1.82, 2.24) is 9.88 Å². The number of benzene rings is 1. The number of hydrogen-bond donors (Lipinski definition) is 2. The SMILES string of the molecule is O=C(Nc1cnc2ccccc2c1)C1CCN(C(=O)O)C1. The third-order valence-electron chi connectivity index (χ3n) is 3.69. The first kappa shape index (κ1) is 13.4. The van der Waals surface area contributed by atoms with E-state index in [4.69, 9.17) is 5.11 Å². The molecule has 0 spiro atoms. The summed E-state index contributed by atoms with van der Waals surface area (Å²) in [4.78, 5) is 28.6. The number of carbonyl (C=O) groups is 2. The summed E-state index contributed by atoms with van der Waals surface area (Å²) >= 11 is 0. The molecule has 1 aromatic carbocycles. The molecule has 6 nitrogen and oxygen atoms in total. The average Bonchev–Trinajstić information content (AvgIpc) is 2.97. The number of carbonyl (C=O) groups excluding carboxylic acids is 1. The van der Waals surface area contributed by atoms with Gasteiger partial charge in [-0.05, 0) is 18.6 Å². The zero-order valence-corrected chi connectivity index (χ0v) is 11.3. The maximum absolute atomic E-state index is 12.2. The Morgan fingerprint density at radius 3 is 2.90 bits per heavy atom. The molecule has 2 amide bonds. The Morgan fingerprint density at radius 2 is 2.14 bits per heavy atom. The lowest BCUT2D eigenvalue weighted by Crippen LogP contribution is -2.30. The second-order valence-corrected chi connectivity index (χ2v) is 5.12. The summed E-state index contributed by atoms with van der Waals surface area (Å²) in [6.45, 7) is 0.658. The highest BCUT2D eigenvalue weighted by Gasteiger charge is 2.30. The van der Waals surface area contributed by atoms with E-state index in [0.29, 0.717) is 18.7 Å². The lowest BCUT2D eigenvalue weighted by atomic mass is 10.1. The molecule has 0 bridgehead atoms. The van der Waals surface area contributed by atoms with Crippen LogP contribution in [0.15, 0.2) is 36.5 Å². The minimum Gasteiger partial charge on any atom is -0.465 e. The van der Waals surface area contributed by atoms with Crippen molar-refractivity contribution in [3.63, 3.8) is 0 Å². The first-order valence-electron chi connectivity index (χ1n) is 6.77. The molecule has 1 saturated heterocycles. The van der Waals surface area contributed by atoms with Gasteiger partial charge in [-0.15, -0.1) is 0 Å². The van der Waals surface area contributed by atoms with E-state index in [1.807, 2.05) is 30.3 Å². The summed E-state index contributed by atoms with van der Waals surface area (Å²) < 4.78 is 0. The van der Waals surface area contributed by atoms with E-state index in [2.05, 4.69) is 10.3 Å². The van der Waals surface area contributed by atoms with E-state index >= 15 is 0 Å². The number of likely N-dealkylation sites (tertiary alicyclic amines) is 1. The third-order valence-corrected chi connectivity index (χ3v) is 3.69. The van der Waals surface area contributed by atoms with Crippen LogP contribution >= 0.6 is 0 Å². The number of rotatable bonds is 2. The van der Waals surface area contributed by atoms with Crippen molar-refractivity contribution in [3.8, 4) is 0 Å². The van der Waals surface area contributed by atoms with Gasteiger partial charge in [0.25, 0.3) is 0 Å². The number of anilines is 1. The lowest BCUT2D eigenvalue weighted by Gasteiger charge is -2.12. The van der Waals surface area contributed by atoms with E-state index < -0.39 is 6.09 Å². The summed E-state index contributed by atoms with van der Waals surface area (Å²) in [5, 5.41) is 12.7. The molecule has 1 fully saturated rings. The van der Waals surface area contributed by atoms with Crippen LogP contribution < -0.4 is 5.32 Å². The number of fused-ring (bicyclic) bond motifs is 1. The average molecular weight is 285 g/mol. The number of pyridine rings is 1. The molecule has 6 heteroatoms. The van der Waals surface area contributed by atoms with Crippen molar-refractivity contribution in [2.24, 2.45) is 5.92 Å². The Morgan fingerprint density at radius 1 is 1.33 bits per heavy atom. The molecule has 3 rings (SSSR count). The molecule has 21 heavy (non-hydrogen) atoms. The van der Waals surface area contributed by atoms with Gasteiger partial charge in [0.1, 0.15) is 0 Å². The number of aromatic nitrogens is 1. The van der Waals surface area contributed by atoms with E-state index in [0.717, 1.165) is 10.9 Å². The van der Waals surface area contributed by atoms with Gasteiger partial charge in [-0.1, -0.05) is 18.2 Å². The summed E-state index contributed by atoms with van der Waals surface area (Å²) in [7, 11) is 0. The van der Waals surface area contributed by atoms with Gasteiger partial charge in [0.05, 0.1) is 23.3 Å². The fraction of sp³-hybridized carbons (Fsp3) is 0.267.